The fourth-order valence-corrected chi connectivity index (χ4v) is 9.24. The van der Waals surface area contributed by atoms with E-state index in [0.29, 0.717) is 11.1 Å². The number of rotatable bonds is 12. The first kappa shape index (κ1) is 40.4. The van der Waals surface area contributed by atoms with Crippen molar-refractivity contribution in [1.29, 1.82) is 0 Å². The molecule has 296 valence electrons. The first-order valence-corrected chi connectivity index (χ1v) is 19.2. The Balaban J connectivity index is 1.86. The molecule has 57 heavy (non-hydrogen) atoms. The molecule has 0 aliphatic carbocycles. The molecule has 0 spiro atoms. The lowest BCUT2D eigenvalue weighted by molar-refractivity contribution is 0.208. The van der Waals surface area contributed by atoms with Crippen LogP contribution in [-0.2, 0) is 22.7 Å². The molecule has 0 heterocycles. The van der Waals surface area contributed by atoms with Gasteiger partial charge in [0.25, 0.3) is 0 Å². The standard InChI is InChI=1S/C49H52O8/c1-29(2)39-23-35(52)15-19-41(39)47(5,42-20-16-36(53)24-40(42)30(3)4)28-48(6,32-9-13-34(51)14-10-32)49(27-31-7-11-33(50)12-8-31,43-21-17-37(54)25-45(43)56)44-22-18-38(55)26-46(44)57/h7-26,29-30,50-57H,27-28H2,1-6H3. The Kier molecular flexibility index (Phi) is 10.9. The highest BCUT2D eigenvalue weighted by Gasteiger charge is 2.57. The van der Waals surface area contributed by atoms with Crippen LogP contribution >= 0.6 is 0 Å². The molecule has 1 unspecified atom stereocenters. The average Bonchev–Trinajstić information content (AvgIpc) is 3.15. The van der Waals surface area contributed by atoms with Crippen LogP contribution < -0.4 is 0 Å². The van der Waals surface area contributed by atoms with Gasteiger partial charge in [0.1, 0.15) is 46.0 Å². The molecule has 0 radical (unpaired) electrons. The molecule has 1 atom stereocenters. The highest BCUT2D eigenvalue weighted by molar-refractivity contribution is 5.62. The minimum atomic E-state index is -1.46. The van der Waals surface area contributed by atoms with E-state index in [-0.39, 0.29) is 70.7 Å². The topological polar surface area (TPSA) is 162 Å². The van der Waals surface area contributed by atoms with Crippen molar-refractivity contribution in [3.8, 4) is 46.0 Å². The van der Waals surface area contributed by atoms with Gasteiger partial charge in [0.15, 0.2) is 0 Å². The molecular formula is C49H52O8. The highest BCUT2D eigenvalue weighted by atomic mass is 16.3. The Morgan fingerprint density at radius 1 is 0.421 bits per heavy atom. The maximum Gasteiger partial charge on any atom is 0.123 e. The van der Waals surface area contributed by atoms with Crippen molar-refractivity contribution >= 4 is 0 Å². The monoisotopic (exact) mass is 768 g/mol. The molecule has 6 aromatic carbocycles. The summed E-state index contributed by atoms with van der Waals surface area (Å²) in [6.45, 7) is 12.5. The maximum absolute atomic E-state index is 12.1. The van der Waals surface area contributed by atoms with Crippen LogP contribution in [0.2, 0.25) is 0 Å². The molecule has 8 nitrogen and oxygen atoms in total. The van der Waals surface area contributed by atoms with E-state index in [2.05, 4.69) is 41.5 Å². The van der Waals surface area contributed by atoms with Crippen LogP contribution in [0.1, 0.15) is 104 Å². The SMILES string of the molecule is CC(C)c1cc(O)ccc1C(C)(CC(C)(c1ccc(O)cc1)C(Cc1ccc(O)cc1)(c1ccc(O)cc1O)c1ccc(O)cc1O)c1ccc(O)cc1C(C)C. The third-order valence-corrected chi connectivity index (χ3v) is 11.9. The van der Waals surface area contributed by atoms with Crippen molar-refractivity contribution in [2.45, 2.75) is 82.5 Å². The summed E-state index contributed by atoms with van der Waals surface area (Å²) in [5.74, 6) is -0.564. The number of aromatic hydroxyl groups is 8. The average molecular weight is 769 g/mol. The van der Waals surface area contributed by atoms with E-state index in [4.69, 9.17) is 0 Å². The van der Waals surface area contributed by atoms with Crippen molar-refractivity contribution < 1.29 is 40.9 Å². The molecule has 0 saturated heterocycles. The molecule has 6 rings (SSSR count). The summed E-state index contributed by atoms with van der Waals surface area (Å²) in [7, 11) is 0. The van der Waals surface area contributed by atoms with Gasteiger partial charge in [0, 0.05) is 39.5 Å². The lowest BCUT2D eigenvalue weighted by Crippen LogP contribution is -2.53. The molecule has 8 N–H and O–H groups in total. The Labute approximate surface area is 334 Å². The first-order chi connectivity index (χ1) is 26.9. The lowest BCUT2D eigenvalue weighted by atomic mass is 9.47. The molecule has 0 bridgehead atoms. The predicted molar refractivity (Wildman–Crippen MR) is 223 cm³/mol. The Hall–Kier alpha value is -6.28. The van der Waals surface area contributed by atoms with E-state index in [1.54, 1.807) is 72.8 Å². The van der Waals surface area contributed by atoms with Gasteiger partial charge in [-0.05, 0) is 119 Å². The van der Waals surface area contributed by atoms with Crippen molar-refractivity contribution in [3.63, 3.8) is 0 Å². The largest absolute Gasteiger partial charge is 0.508 e. The van der Waals surface area contributed by atoms with Gasteiger partial charge in [0.2, 0.25) is 0 Å². The van der Waals surface area contributed by atoms with Crippen molar-refractivity contribution in [2.75, 3.05) is 0 Å². The molecule has 0 amide bonds. The zero-order chi connectivity index (χ0) is 41.4. The minimum Gasteiger partial charge on any atom is -0.508 e. The number of benzene rings is 6. The molecule has 0 fully saturated rings. The van der Waals surface area contributed by atoms with Gasteiger partial charge in [-0.15, -0.1) is 0 Å². The number of hydrogen-bond donors (Lipinski definition) is 8. The van der Waals surface area contributed by atoms with Crippen LogP contribution in [0.15, 0.2) is 121 Å². The Morgan fingerprint density at radius 2 is 0.772 bits per heavy atom. The van der Waals surface area contributed by atoms with Crippen LogP contribution in [0.4, 0.5) is 0 Å². The van der Waals surface area contributed by atoms with Crippen LogP contribution in [0.3, 0.4) is 0 Å². The Morgan fingerprint density at radius 3 is 1.16 bits per heavy atom. The summed E-state index contributed by atoms with van der Waals surface area (Å²) in [6.07, 6.45) is 0.370. The van der Waals surface area contributed by atoms with Crippen LogP contribution in [0, 0.1) is 0 Å². The van der Waals surface area contributed by atoms with E-state index in [9.17, 15) is 40.9 Å². The third kappa shape index (κ3) is 7.40. The maximum atomic E-state index is 12.1. The van der Waals surface area contributed by atoms with E-state index in [1.807, 2.05) is 24.3 Å². The normalized spacial score (nSPS) is 13.2. The minimum absolute atomic E-state index is 0.0324. The highest BCUT2D eigenvalue weighted by Crippen LogP contribution is 2.61. The van der Waals surface area contributed by atoms with E-state index < -0.39 is 16.2 Å². The fraction of sp³-hybridized carbons (Fsp3) is 0.265. The smallest absolute Gasteiger partial charge is 0.123 e. The summed E-state index contributed by atoms with van der Waals surface area (Å²) < 4.78 is 0. The second-order valence-corrected chi connectivity index (χ2v) is 16.4. The molecular weight excluding hydrogens is 717 g/mol. The molecule has 0 aliphatic rings. The van der Waals surface area contributed by atoms with Gasteiger partial charge in [-0.25, -0.2) is 0 Å². The summed E-state index contributed by atoms with van der Waals surface area (Å²) in [5, 5.41) is 88.5. The second-order valence-electron chi connectivity index (χ2n) is 16.4. The van der Waals surface area contributed by atoms with E-state index in [1.165, 1.54) is 24.3 Å². The zero-order valence-corrected chi connectivity index (χ0v) is 33.2. The number of phenolic OH excluding ortho intramolecular Hbond substituents is 8. The third-order valence-electron chi connectivity index (χ3n) is 11.9. The van der Waals surface area contributed by atoms with Crippen LogP contribution in [0.5, 0.6) is 46.0 Å². The van der Waals surface area contributed by atoms with Gasteiger partial charge in [0.05, 0.1) is 0 Å². The summed E-state index contributed by atoms with van der Waals surface area (Å²) in [4.78, 5) is 0. The van der Waals surface area contributed by atoms with Crippen LogP contribution in [-0.4, -0.2) is 40.9 Å². The number of phenols is 8. The zero-order valence-electron chi connectivity index (χ0n) is 33.2. The van der Waals surface area contributed by atoms with Crippen molar-refractivity contribution in [3.05, 3.63) is 166 Å². The van der Waals surface area contributed by atoms with E-state index in [0.717, 1.165) is 33.4 Å². The molecule has 0 aromatic heterocycles. The summed E-state index contributed by atoms with van der Waals surface area (Å²) >= 11 is 0. The van der Waals surface area contributed by atoms with Crippen molar-refractivity contribution in [1.82, 2.24) is 0 Å². The van der Waals surface area contributed by atoms with Gasteiger partial charge in [-0.3, -0.25) is 0 Å². The molecule has 0 saturated carbocycles. The van der Waals surface area contributed by atoms with Crippen molar-refractivity contribution in [2.24, 2.45) is 0 Å². The predicted octanol–water partition coefficient (Wildman–Crippen LogP) is 10.5. The van der Waals surface area contributed by atoms with Gasteiger partial charge >= 0.3 is 0 Å². The first-order valence-electron chi connectivity index (χ1n) is 19.2. The van der Waals surface area contributed by atoms with Gasteiger partial charge in [-0.1, -0.05) is 90.1 Å². The number of hydrogen-bond acceptors (Lipinski definition) is 8. The lowest BCUT2D eigenvalue weighted by Gasteiger charge is -2.54. The Bertz CT molecular complexity index is 2270. The molecule has 6 aromatic rings. The summed E-state index contributed by atoms with van der Waals surface area (Å²) in [5.41, 5.74) is 2.18. The van der Waals surface area contributed by atoms with E-state index >= 15 is 0 Å². The molecule has 0 aliphatic heterocycles. The second kappa shape index (κ2) is 15.3. The van der Waals surface area contributed by atoms with Gasteiger partial charge in [-0.2, -0.15) is 0 Å². The molecule has 8 heteroatoms. The fourth-order valence-electron chi connectivity index (χ4n) is 9.24. The summed E-state index contributed by atoms with van der Waals surface area (Å²) in [6, 6.07) is 33.2. The quantitative estimate of drug-likeness (QED) is 0.0610. The van der Waals surface area contributed by atoms with Gasteiger partial charge < -0.3 is 40.9 Å². The van der Waals surface area contributed by atoms with Crippen LogP contribution in [0.25, 0.3) is 0 Å².